The van der Waals surface area contributed by atoms with E-state index in [0.29, 0.717) is 22.7 Å². The first-order valence-corrected chi connectivity index (χ1v) is 5.74. The number of aliphatic hydroxyl groups excluding tert-OH is 1. The van der Waals surface area contributed by atoms with Gasteiger partial charge in [-0.2, -0.15) is 0 Å². The van der Waals surface area contributed by atoms with Crippen molar-refractivity contribution in [2.45, 2.75) is 25.5 Å². The molecule has 1 aliphatic rings. The molecule has 0 fully saturated rings. The molecule has 17 heavy (non-hydrogen) atoms. The molecule has 0 unspecified atom stereocenters. The Morgan fingerprint density at radius 3 is 2.94 bits per heavy atom. The van der Waals surface area contributed by atoms with Crippen LogP contribution in [-0.4, -0.2) is 30.7 Å². The van der Waals surface area contributed by atoms with E-state index in [1.165, 1.54) is 6.33 Å². The molecule has 0 aromatic carbocycles. The van der Waals surface area contributed by atoms with Crippen LogP contribution in [0.5, 0.6) is 0 Å². The summed E-state index contributed by atoms with van der Waals surface area (Å²) in [6, 6.07) is 0.0842. The average Bonchev–Trinajstić information content (AvgIpc) is 2.85. The first kappa shape index (κ1) is 10.7. The number of aromatic nitrogens is 4. The predicted molar refractivity (Wildman–Crippen MR) is 63.8 cm³/mol. The summed E-state index contributed by atoms with van der Waals surface area (Å²) in [6.07, 6.45) is 5.42. The van der Waals surface area contributed by atoms with E-state index in [1.807, 2.05) is 17.6 Å². The monoisotopic (exact) mass is 250 g/mol. The first-order valence-electron chi connectivity index (χ1n) is 5.36. The Balaban J connectivity index is 2.11. The number of allylic oxidation sites excluding steroid dienone is 1. The van der Waals surface area contributed by atoms with Crippen LogP contribution in [-0.2, 0) is 0 Å². The van der Waals surface area contributed by atoms with Crippen LogP contribution < -0.4 is 0 Å². The molecule has 2 atom stereocenters. The second kappa shape index (κ2) is 3.78. The molecular weight excluding hydrogens is 240 g/mol. The van der Waals surface area contributed by atoms with Crippen molar-refractivity contribution >= 4 is 22.8 Å². The van der Waals surface area contributed by atoms with E-state index in [9.17, 15) is 5.11 Å². The van der Waals surface area contributed by atoms with Crippen molar-refractivity contribution < 1.29 is 5.11 Å². The number of hydrogen-bond acceptors (Lipinski definition) is 4. The summed E-state index contributed by atoms with van der Waals surface area (Å²) < 4.78 is 1.92. The summed E-state index contributed by atoms with van der Waals surface area (Å²) in [5.41, 5.74) is 2.28. The van der Waals surface area contributed by atoms with Crippen LogP contribution in [0.2, 0.25) is 5.15 Å². The number of aliphatic hydroxyl groups is 1. The van der Waals surface area contributed by atoms with Crippen molar-refractivity contribution in [3.63, 3.8) is 0 Å². The van der Waals surface area contributed by atoms with Gasteiger partial charge in [-0.25, -0.2) is 15.0 Å². The maximum atomic E-state index is 9.73. The van der Waals surface area contributed by atoms with E-state index in [-0.39, 0.29) is 12.1 Å². The summed E-state index contributed by atoms with van der Waals surface area (Å²) in [5.74, 6) is 0. The van der Waals surface area contributed by atoms with Gasteiger partial charge in [-0.1, -0.05) is 17.7 Å². The summed E-state index contributed by atoms with van der Waals surface area (Å²) >= 11 is 5.94. The molecular formula is C11H11ClN4O. The highest BCUT2D eigenvalue weighted by Gasteiger charge is 2.24. The van der Waals surface area contributed by atoms with Crippen LogP contribution in [0.4, 0.5) is 0 Å². The Kier molecular flexibility index (Phi) is 2.38. The van der Waals surface area contributed by atoms with Crippen molar-refractivity contribution in [2.75, 3.05) is 0 Å². The predicted octanol–water partition coefficient (Wildman–Crippen LogP) is 1.73. The van der Waals surface area contributed by atoms with Crippen LogP contribution in [0, 0.1) is 0 Å². The molecule has 0 aliphatic heterocycles. The molecule has 6 heteroatoms. The van der Waals surface area contributed by atoms with Gasteiger partial charge in [0.2, 0.25) is 0 Å². The van der Waals surface area contributed by atoms with E-state index >= 15 is 0 Å². The van der Waals surface area contributed by atoms with Crippen molar-refractivity contribution in [1.29, 1.82) is 0 Å². The SMILES string of the molecule is CC1=C[C@H](n2cnc3c(Cl)ncnc32)C[C@@H]1O. The molecule has 88 valence electrons. The van der Waals surface area contributed by atoms with Gasteiger partial charge in [-0.3, -0.25) is 0 Å². The molecule has 0 amide bonds. The standard InChI is InChI=1S/C11H11ClN4O/c1-6-2-7(3-8(6)17)16-5-15-9-10(12)13-4-14-11(9)16/h2,4-5,7-8,17H,3H2,1H3/t7-,8-/m0/s1. The molecule has 3 rings (SSSR count). The largest absolute Gasteiger partial charge is 0.389 e. The molecule has 1 N–H and O–H groups in total. The van der Waals surface area contributed by atoms with Crippen LogP contribution in [0.1, 0.15) is 19.4 Å². The molecule has 2 aromatic rings. The number of rotatable bonds is 1. The van der Waals surface area contributed by atoms with Gasteiger partial charge in [0.1, 0.15) is 11.8 Å². The summed E-state index contributed by atoms with van der Waals surface area (Å²) in [6.45, 7) is 1.92. The van der Waals surface area contributed by atoms with Crippen LogP contribution in [0.3, 0.4) is 0 Å². The summed E-state index contributed by atoms with van der Waals surface area (Å²) in [4.78, 5) is 12.3. The molecule has 2 aromatic heterocycles. The van der Waals surface area contributed by atoms with Crippen LogP contribution >= 0.6 is 11.6 Å². The fraction of sp³-hybridized carbons (Fsp3) is 0.364. The fourth-order valence-electron chi connectivity index (χ4n) is 2.16. The topological polar surface area (TPSA) is 63.8 Å². The van der Waals surface area contributed by atoms with Gasteiger partial charge < -0.3 is 9.67 Å². The zero-order valence-corrected chi connectivity index (χ0v) is 9.96. The van der Waals surface area contributed by atoms with Gasteiger partial charge in [0.25, 0.3) is 0 Å². The van der Waals surface area contributed by atoms with Crippen LogP contribution in [0.25, 0.3) is 11.2 Å². The molecule has 0 saturated heterocycles. The van der Waals surface area contributed by atoms with Gasteiger partial charge in [0, 0.05) is 6.42 Å². The minimum atomic E-state index is -0.380. The van der Waals surface area contributed by atoms with Crippen molar-refractivity contribution in [1.82, 2.24) is 19.5 Å². The molecule has 0 radical (unpaired) electrons. The first-order chi connectivity index (χ1) is 8.16. The number of imidazole rings is 1. The number of halogens is 1. The second-order valence-corrected chi connectivity index (χ2v) is 4.58. The molecule has 0 spiro atoms. The number of hydrogen-bond donors (Lipinski definition) is 1. The minimum absolute atomic E-state index is 0.0842. The van der Waals surface area contributed by atoms with Gasteiger partial charge in [0.05, 0.1) is 18.5 Å². The van der Waals surface area contributed by atoms with Gasteiger partial charge >= 0.3 is 0 Å². The smallest absolute Gasteiger partial charge is 0.165 e. The summed E-state index contributed by atoms with van der Waals surface area (Å²) in [5, 5.41) is 10.1. The third-order valence-electron chi connectivity index (χ3n) is 3.12. The Bertz CT molecular complexity index is 607. The van der Waals surface area contributed by atoms with Gasteiger partial charge in [-0.15, -0.1) is 0 Å². The third-order valence-corrected chi connectivity index (χ3v) is 3.39. The third kappa shape index (κ3) is 1.62. The number of fused-ring (bicyclic) bond motifs is 1. The Morgan fingerprint density at radius 2 is 2.24 bits per heavy atom. The summed E-state index contributed by atoms with van der Waals surface area (Å²) in [7, 11) is 0. The highest BCUT2D eigenvalue weighted by atomic mass is 35.5. The lowest BCUT2D eigenvalue weighted by Crippen LogP contribution is -2.08. The van der Waals surface area contributed by atoms with E-state index in [1.54, 1.807) is 6.33 Å². The maximum absolute atomic E-state index is 9.73. The lowest BCUT2D eigenvalue weighted by atomic mass is 10.2. The molecule has 2 heterocycles. The molecule has 0 bridgehead atoms. The second-order valence-electron chi connectivity index (χ2n) is 4.22. The molecule has 1 aliphatic carbocycles. The van der Waals surface area contributed by atoms with E-state index in [0.717, 1.165) is 5.57 Å². The molecule has 5 nitrogen and oxygen atoms in total. The van der Waals surface area contributed by atoms with Crippen molar-refractivity contribution in [3.05, 3.63) is 29.5 Å². The average molecular weight is 251 g/mol. The normalized spacial score (nSPS) is 24.3. The highest BCUT2D eigenvalue weighted by Crippen LogP contribution is 2.31. The van der Waals surface area contributed by atoms with Crippen molar-refractivity contribution in [3.8, 4) is 0 Å². The Labute approximate surface area is 103 Å². The Morgan fingerprint density at radius 1 is 1.41 bits per heavy atom. The molecule has 0 saturated carbocycles. The van der Waals surface area contributed by atoms with Crippen molar-refractivity contribution in [2.24, 2.45) is 0 Å². The minimum Gasteiger partial charge on any atom is -0.389 e. The maximum Gasteiger partial charge on any atom is 0.165 e. The van der Waals surface area contributed by atoms with E-state index < -0.39 is 0 Å². The zero-order chi connectivity index (χ0) is 12.0. The Hall–Kier alpha value is -1.46. The van der Waals surface area contributed by atoms with E-state index in [4.69, 9.17) is 11.6 Å². The van der Waals surface area contributed by atoms with E-state index in [2.05, 4.69) is 15.0 Å². The van der Waals surface area contributed by atoms with Crippen LogP contribution in [0.15, 0.2) is 24.3 Å². The number of nitrogens with zero attached hydrogens (tertiary/aromatic N) is 4. The van der Waals surface area contributed by atoms with Gasteiger partial charge in [0.15, 0.2) is 10.8 Å². The lowest BCUT2D eigenvalue weighted by Gasteiger charge is -2.10. The van der Waals surface area contributed by atoms with Gasteiger partial charge in [-0.05, 0) is 12.5 Å². The quantitative estimate of drug-likeness (QED) is 0.618. The highest BCUT2D eigenvalue weighted by molar-refractivity contribution is 6.33. The lowest BCUT2D eigenvalue weighted by molar-refractivity contribution is 0.201. The fourth-order valence-corrected chi connectivity index (χ4v) is 2.33. The zero-order valence-electron chi connectivity index (χ0n) is 9.21.